The van der Waals surface area contributed by atoms with Gasteiger partial charge in [-0.25, -0.2) is 9.36 Å². The van der Waals surface area contributed by atoms with Crippen molar-refractivity contribution in [2.45, 2.75) is 31.5 Å². The van der Waals surface area contributed by atoms with E-state index in [1.165, 1.54) is 6.33 Å². The molecule has 2 heterocycles. The molecule has 136 valence electrons. The van der Waals surface area contributed by atoms with Crippen LogP contribution in [-0.2, 0) is 18.6 Å². The Bertz CT molecular complexity index is 645. The minimum Gasteiger partial charge on any atom is -0.790 e. The smallest absolute Gasteiger partial charge is 0.377 e. The van der Waals surface area contributed by atoms with Crippen molar-refractivity contribution in [3.63, 3.8) is 0 Å². The molecule has 2 rings (SSSR count). The maximum absolute atomic E-state index is 11.7. The summed E-state index contributed by atoms with van der Waals surface area (Å²) in [7, 11) is -5.25. The Morgan fingerprint density at radius 1 is 1.50 bits per heavy atom. The van der Waals surface area contributed by atoms with Gasteiger partial charge < -0.3 is 44.3 Å². The minimum absolute atomic E-state index is 0.0783. The molecular formula is C11H17N3O9P-. The maximum atomic E-state index is 11.7. The number of aliphatic hydroxyl groups excluding tert-OH is 2. The number of hydrogen-bond donors (Lipinski definition) is 4. The molecule has 12 nitrogen and oxygen atoms in total. The zero-order chi connectivity index (χ0) is 18.1. The van der Waals surface area contributed by atoms with Crippen molar-refractivity contribution in [3.05, 3.63) is 12.0 Å². The van der Waals surface area contributed by atoms with Crippen LogP contribution in [0.25, 0.3) is 0 Å². The summed E-state index contributed by atoms with van der Waals surface area (Å²) in [5.74, 6) is -0.843. The number of phosphoric acid groups is 1. The van der Waals surface area contributed by atoms with Crippen LogP contribution in [0.4, 0.5) is 5.82 Å². The number of nitrogens with one attached hydrogen (secondary N) is 1. The molecule has 0 saturated carbocycles. The number of aliphatic hydroxyl groups is 2. The largest absolute Gasteiger partial charge is 0.790 e. The molecule has 0 spiro atoms. The lowest BCUT2D eigenvalue weighted by Gasteiger charge is -2.30. The number of carbonyl (C=O) groups is 1. The SMILES string of the molecule is CCOC(=O)c1[nH]c[n+]([C@H]2O[C@@H](COP(=O)([O-])[O-])[C@H](O)[C@@H]2O)c1N. The normalized spacial score (nSPS) is 27.4. The van der Waals surface area contributed by atoms with Crippen molar-refractivity contribution in [1.82, 2.24) is 4.98 Å². The quantitative estimate of drug-likeness (QED) is 0.223. The summed E-state index contributed by atoms with van der Waals surface area (Å²) >= 11 is 0. The van der Waals surface area contributed by atoms with Crippen LogP contribution in [0, 0.1) is 0 Å². The predicted molar refractivity (Wildman–Crippen MR) is 70.8 cm³/mol. The zero-order valence-electron chi connectivity index (χ0n) is 12.5. The van der Waals surface area contributed by atoms with Crippen LogP contribution in [0.2, 0.25) is 0 Å². The number of carbonyl (C=O) groups excluding carboxylic acids is 1. The lowest BCUT2D eigenvalue weighted by molar-refractivity contribution is -0.752. The topological polar surface area (TPSA) is 194 Å². The van der Waals surface area contributed by atoms with Gasteiger partial charge in [-0.3, -0.25) is 4.98 Å². The molecule has 5 N–H and O–H groups in total. The van der Waals surface area contributed by atoms with E-state index in [2.05, 4.69) is 9.51 Å². The van der Waals surface area contributed by atoms with Gasteiger partial charge in [-0.2, -0.15) is 0 Å². The van der Waals surface area contributed by atoms with Crippen molar-refractivity contribution in [2.24, 2.45) is 0 Å². The van der Waals surface area contributed by atoms with Gasteiger partial charge in [-0.05, 0) is 6.92 Å². The van der Waals surface area contributed by atoms with Gasteiger partial charge in [-0.15, -0.1) is 0 Å². The number of nitrogen functional groups attached to an aromatic ring is 1. The van der Waals surface area contributed by atoms with Gasteiger partial charge in [0, 0.05) is 0 Å². The number of phosphoric ester groups is 1. The number of hydrogen-bond acceptors (Lipinski definition) is 10. The van der Waals surface area contributed by atoms with Crippen LogP contribution in [0.3, 0.4) is 0 Å². The Hall–Kier alpha value is -1.53. The molecule has 0 amide bonds. The van der Waals surface area contributed by atoms with Gasteiger partial charge in [0.05, 0.1) is 21.0 Å². The summed E-state index contributed by atoms with van der Waals surface area (Å²) in [6, 6.07) is 0. The summed E-state index contributed by atoms with van der Waals surface area (Å²) < 4.78 is 25.8. The predicted octanol–water partition coefficient (Wildman–Crippen LogP) is -3.47. The molecule has 1 saturated heterocycles. The lowest BCUT2D eigenvalue weighted by Crippen LogP contribution is -2.47. The second-order valence-electron chi connectivity index (χ2n) is 4.95. The van der Waals surface area contributed by atoms with Gasteiger partial charge in [0.2, 0.25) is 6.23 Å². The Kier molecular flexibility index (Phi) is 5.60. The summed E-state index contributed by atoms with van der Waals surface area (Å²) in [6.07, 6.45) is -4.33. The van der Waals surface area contributed by atoms with Crippen molar-refractivity contribution < 1.29 is 47.9 Å². The van der Waals surface area contributed by atoms with Crippen LogP contribution in [0.1, 0.15) is 23.6 Å². The number of ether oxygens (including phenoxy) is 2. The Morgan fingerprint density at radius 3 is 2.75 bits per heavy atom. The van der Waals surface area contributed by atoms with Crippen LogP contribution < -0.4 is 20.1 Å². The highest BCUT2D eigenvalue weighted by molar-refractivity contribution is 7.43. The van der Waals surface area contributed by atoms with Crippen molar-refractivity contribution in [1.29, 1.82) is 0 Å². The second kappa shape index (κ2) is 7.15. The Labute approximate surface area is 136 Å². The molecule has 1 fully saturated rings. The minimum atomic E-state index is -5.25. The van der Waals surface area contributed by atoms with E-state index in [1.54, 1.807) is 6.92 Å². The number of H-pyrrole nitrogens is 1. The van der Waals surface area contributed by atoms with Crippen LogP contribution in [-0.4, -0.2) is 52.7 Å². The monoisotopic (exact) mass is 366 g/mol. The lowest BCUT2D eigenvalue weighted by atomic mass is 10.1. The number of nitrogens with zero attached hydrogens (tertiary/aromatic N) is 1. The molecule has 24 heavy (non-hydrogen) atoms. The second-order valence-corrected chi connectivity index (χ2v) is 6.10. The van der Waals surface area contributed by atoms with Crippen molar-refractivity contribution in [2.75, 3.05) is 18.9 Å². The van der Waals surface area contributed by atoms with Gasteiger partial charge in [0.1, 0.15) is 18.3 Å². The van der Waals surface area contributed by atoms with E-state index in [-0.39, 0.29) is 18.1 Å². The fourth-order valence-corrected chi connectivity index (χ4v) is 2.57. The van der Waals surface area contributed by atoms with Gasteiger partial charge in [0.25, 0.3) is 11.5 Å². The van der Waals surface area contributed by atoms with Gasteiger partial charge >= 0.3 is 5.97 Å². The summed E-state index contributed by atoms with van der Waals surface area (Å²) in [5.41, 5.74) is 5.71. The molecule has 0 radical (unpaired) electrons. The molecule has 4 atom stereocenters. The van der Waals surface area contributed by atoms with Gasteiger partial charge in [0.15, 0.2) is 6.33 Å². The summed E-state index contributed by atoms with van der Waals surface area (Å²) in [6.45, 7) is 0.970. The number of aromatic amines is 1. The van der Waals surface area contributed by atoms with Crippen LogP contribution >= 0.6 is 7.82 Å². The third kappa shape index (κ3) is 3.92. The molecule has 0 bridgehead atoms. The van der Waals surface area contributed by atoms with Crippen LogP contribution in [0.15, 0.2) is 6.33 Å². The average molecular weight is 366 g/mol. The summed E-state index contributed by atoms with van der Waals surface area (Å²) in [4.78, 5) is 35.2. The number of aromatic nitrogens is 2. The Morgan fingerprint density at radius 2 is 2.17 bits per heavy atom. The maximum Gasteiger partial charge on any atom is 0.377 e. The number of rotatable bonds is 6. The number of nitrogens with two attached hydrogens (primary N) is 1. The highest BCUT2D eigenvalue weighted by atomic mass is 31.2. The standard InChI is InChI=1S/C11H18N3O9P/c1-2-21-11(17)6-9(12)14(4-13-6)10-8(16)7(15)5(23-10)3-22-24(18,19)20/h4-5,7-8,10,15-16H,2-3H2,1H3,(H4,12,17,18,19,20)/p-1/t5-,7-,8-,10-/m0/s1. The number of esters is 1. The third-order valence-corrected chi connectivity index (χ3v) is 3.84. The fraction of sp³-hybridized carbons (Fsp3) is 0.636. The van der Waals surface area contributed by atoms with Crippen LogP contribution in [0.5, 0.6) is 0 Å². The van der Waals surface area contributed by atoms with E-state index in [0.29, 0.717) is 0 Å². The highest BCUT2D eigenvalue weighted by Crippen LogP contribution is 2.31. The molecule has 1 aliphatic rings. The number of imidazole rings is 1. The Balaban J connectivity index is 2.15. The highest BCUT2D eigenvalue weighted by Gasteiger charge is 2.47. The number of anilines is 1. The molecule has 1 aliphatic heterocycles. The van der Waals surface area contributed by atoms with E-state index < -0.39 is 44.9 Å². The van der Waals surface area contributed by atoms with E-state index >= 15 is 0 Å². The first kappa shape index (κ1) is 18.8. The molecule has 1 aromatic heterocycles. The van der Waals surface area contributed by atoms with E-state index in [4.69, 9.17) is 15.2 Å². The third-order valence-electron chi connectivity index (χ3n) is 3.37. The summed E-state index contributed by atoms with van der Waals surface area (Å²) in [5, 5.41) is 19.9. The van der Waals surface area contributed by atoms with E-state index in [9.17, 15) is 29.4 Å². The zero-order valence-corrected chi connectivity index (χ0v) is 13.4. The van der Waals surface area contributed by atoms with Crippen molar-refractivity contribution >= 4 is 19.6 Å². The van der Waals surface area contributed by atoms with Crippen molar-refractivity contribution in [3.8, 4) is 0 Å². The molecule has 13 heteroatoms. The molecule has 0 aliphatic carbocycles. The molecule has 1 aromatic rings. The first-order chi connectivity index (χ1) is 11.2. The van der Waals surface area contributed by atoms with Gasteiger partial charge in [-0.1, -0.05) is 0 Å². The average Bonchev–Trinajstić information content (AvgIpc) is 2.99. The van der Waals surface area contributed by atoms with E-state index in [0.717, 1.165) is 4.57 Å². The first-order valence-electron chi connectivity index (χ1n) is 6.89. The molecule has 0 aromatic carbocycles. The first-order valence-corrected chi connectivity index (χ1v) is 8.35. The van der Waals surface area contributed by atoms with E-state index in [1.807, 2.05) is 0 Å². The fourth-order valence-electron chi connectivity index (χ4n) is 2.25. The molecule has 0 unspecified atom stereocenters. The molecular weight excluding hydrogens is 349 g/mol.